The van der Waals surface area contributed by atoms with E-state index in [1.54, 1.807) is 23.1 Å². The summed E-state index contributed by atoms with van der Waals surface area (Å²) in [7, 11) is 0. The van der Waals surface area contributed by atoms with Crippen LogP contribution in [-0.4, -0.2) is 21.7 Å². The molecule has 6 heteroatoms. The van der Waals surface area contributed by atoms with Gasteiger partial charge in [-0.05, 0) is 42.8 Å². The van der Waals surface area contributed by atoms with Gasteiger partial charge < -0.3 is 0 Å². The van der Waals surface area contributed by atoms with Gasteiger partial charge in [0.25, 0.3) is 5.91 Å². The summed E-state index contributed by atoms with van der Waals surface area (Å²) < 4.78 is 0. The molecule has 25 heavy (non-hydrogen) atoms. The lowest BCUT2D eigenvalue weighted by Gasteiger charge is -2.23. The van der Waals surface area contributed by atoms with Crippen molar-refractivity contribution in [3.8, 4) is 0 Å². The van der Waals surface area contributed by atoms with Gasteiger partial charge in [0.15, 0.2) is 5.65 Å². The number of pyridine rings is 2. The standard InChI is InChI=1S/C19H14ClN3O2/c1-11(24)10-15-13-4-2-3-5-14(13)19(25)23(15)17-9-7-12-6-8-16(20)21-18(12)22-17/h2-9,15H,10H2,1H3. The van der Waals surface area contributed by atoms with Gasteiger partial charge in [-0.1, -0.05) is 29.8 Å². The number of anilines is 1. The van der Waals surface area contributed by atoms with Gasteiger partial charge in [0.1, 0.15) is 16.8 Å². The molecule has 0 bridgehead atoms. The molecule has 3 aromatic rings. The molecule has 4 rings (SSSR count). The van der Waals surface area contributed by atoms with E-state index >= 15 is 0 Å². The second-order valence-corrected chi connectivity index (χ2v) is 6.42. The van der Waals surface area contributed by atoms with Gasteiger partial charge in [-0.25, -0.2) is 9.97 Å². The number of hydrogen-bond donors (Lipinski definition) is 0. The maximum absolute atomic E-state index is 12.9. The minimum atomic E-state index is -0.356. The van der Waals surface area contributed by atoms with E-state index in [9.17, 15) is 9.59 Å². The van der Waals surface area contributed by atoms with Gasteiger partial charge in [-0.15, -0.1) is 0 Å². The number of rotatable bonds is 3. The van der Waals surface area contributed by atoms with Crippen LogP contribution in [0, 0.1) is 0 Å². The van der Waals surface area contributed by atoms with Crippen molar-refractivity contribution in [2.45, 2.75) is 19.4 Å². The maximum Gasteiger partial charge on any atom is 0.260 e. The summed E-state index contributed by atoms with van der Waals surface area (Å²) in [5.74, 6) is 0.326. The smallest absolute Gasteiger partial charge is 0.260 e. The van der Waals surface area contributed by atoms with Crippen LogP contribution in [0.3, 0.4) is 0 Å². The number of aromatic nitrogens is 2. The lowest BCUT2D eigenvalue weighted by atomic mass is 10.0. The first-order chi connectivity index (χ1) is 12.0. The van der Waals surface area contributed by atoms with Gasteiger partial charge in [0.05, 0.1) is 6.04 Å². The van der Waals surface area contributed by atoms with E-state index in [0.717, 1.165) is 10.9 Å². The minimum absolute atomic E-state index is 0.0152. The summed E-state index contributed by atoms with van der Waals surface area (Å²) in [4.78, 5) is 35.0. The number of hydrogen-bond acceptors (Lipinski definition) is 4. The monoisotopic (exact) mass is 351 g/mol. The van der Waals surface area contributed by atoms with Crippen molar-refractivity contribution in [3.05, 3.63) is 64.8 Å². The Kier molecular flexibility index (Phi) is 3.73. The van der Waals surface area contributed by atoms with Gasteiger partial charge in [-0.3, -0.25) is 14.5 Å². The fraction of sp³-hybridized carbons (Fsp3) is 0.158. The molecular formula is C19H14ClN3O2. The molecule has 0 aliphatic carbocycles. The molecule has 0 radical (unpaired) electrons. The summed E-state index contributed by atoms with van der Waals surface area (Å²) in [5.41, 5.74) is 1.92. The van der Waals surface area contributed by atoms with Crippen molar-refractivity contribution in [1.29, 1.82) is 0 Å². The zero-order valence-corrected chi connectivity index (χ0v) is 14.2. The number of benzene rings is 1. The summed E-state index contributed by atoms with van der Waals surface area (Å²) in [6, 6.07) is 14.1. The Balaban J connectivity index is 1.85. The third-order valence-corrected chi connectivity index (χ3v) is 4.52. The molecule has 0 spiro atoms. The maximum atomic E-state index is 12.9. The predicted octanol–water partition coefficient (Wildman–Crippen LogP) is 3.96. The third-order valence-electron chi connectivity index (χ3n) is 4.31. The number of amides is 1. The molecule has 2 aromatic heterocycles. The molecule has 1 unspecified atom stereocenters. The molecule has 0 saturated heterocycles. The molecule has 1 aliphatic heterocycles. The van der Waals surface area contributed by atoms with Crippen LogP contribution in [0.4, 0.5) is 5.82 Å². The second kappa shape index (κ2) is 5.93. The van der Waals surface area contributed by atoms with Gasteiger partial charge in [-0.2, -0.15) is 0 Å². The minimum Gasteiger partial charge on any atom is -0.300 e. The quantitative estimate of drug-likeness (QED) is 0.670. The zero-order chi connectivity index (χ0) is 17.6. The number of ketones is 1. The number of carbonyl (C=O) groups is 2. The van der Waals surface area contributed by atoms with Crippen molar-refractivity contribution in [1.82, 2.24) is 9.97 Å². The highest BCUT2D eigenvalue weighted by Gasteiger charge is 2.38. The van der Waals surface area contributed by atoms with E-state index in [2.05, 4.69) is 9.97 Å². The molecular weight excluding hydrogens is 338 g/mol. The van der Waals surface area contributed by atoms with E-state index in [0.29, 0.717) is 22.2 Å². The zero-order valence-electron chi connectivity index (χ0n) is 13.4. The normalized spacial score (nSPS) is 16.3. The molecule has 0 fully saturated rings. The van der Waals surface area contributed by atoms with E-state index < -0.39 is 0 Å². The average Bonchev–Trinajstić information content (AvgIpc) is 2.86. The topological polar surface area (TPSA) is 63.2 Å². The molecule has 1 aromatic carbocycles. The first kappa shape index (κ1) is 15.7. The third kappa shape index (κ3) is 2.66. The van der Waals surface area contributed by atoms with E-state index in [-0.39, 0.29) is 24.2 Å². The van der Waals surface area contributed by atoms with Crippen LogP contribution >= 0.6 is 11.6 Å². The van der Waals surface area contributed by atoms with Crippen LogP contribution in [-0.2, 0) is 4.79 Å². The van der Waals surface area contributed by atoms with Crippen molar-refractivity contribution in [2.24, 2.45) is 0 Å². The second-order valence-electron chi connectivity index (χ2n) is 6.03. The molecule has 0 saturated carbocycles. The molecule has 1 atom stereocenters. The van der Waals surface area contributed by atoms with Gasteiger partial charge in [0.2, 0.25) is 0 Å². The lowest BCUT2D eigenvalue weighted by molar-refractivity contribution is -0.117. The Hall–Kier alpha value is -2.79. The van der Waals surface area contributed by atoms with Crippen molar-refractivity contribution in [3.63, 3.8) is 0 Å². The summed E-state index contributed by atoms with van der Waals surface area (Å²) >= 11 is 5.95. The van der Waals surface area contributed by atoms with Gasteiger partial charge in [0, 0.05) is 17.4 Å². The number of halogens is 1. The van der Waals surface area contributed by atoms with Crippen LogP contribution in [0.5, 0.6) is 0 Å². The van der Waals surface area contributed by atoms with Crippen molar-refractivity contribution in [2.75, 3.05) is 4.90 Å². The molecule has 5 nitrogen and oxygen atoms in total. The van der Waals surface area contributed by atoms with Gasteiger partial charge >= 0.3 is 0 Å². The Bertz CT molecular complexity index is 1020. The number of Topliss-reactive ketones (excluding diaryl/α,β-unsaturated/α-hetero) is 1. The summed E-state index contributed by atoms with van der Waals surface area (Å²) in [5, 5.41) is 1.17. The Morgan fingerprint density at radius 2 is 1.88 bits per heavy atom. The molecule has 0 N–H and O–H groups in total. The lowest BCUT2D eigenvalue weighted by Crippen LogP contribution is -2.29. The van der Waals surface area contributed by atoms with Crippen LogP contribution in [0.1, 0.15) is 35.3 Å². The molecule has 1 amide bonds. The number of fused-ring (bicyclic) bond motifs is 2. The molecule has 3 heterocycles. The molecule has 1 aliphatic rings. The van der Waals surface area contributed by atoms with Crippen LogP contribution in [0.15, 0.2) is 48.5 Å². The van der Waals surface area contributed by atoms with E-state index in [4.69, 9.17) is 11.6 Å². The van der Waals surface area contributed by atoms with Crippen LogP contribution < -0.4 is 4.90 Å². The number of nitrogens with zero attached hydrogens (tertiary/aromatic N) is 3. The Morgan fingerprint density at radius 1 is 1.12 bits per heavy atom. The largest absolute Gasteiger partial charge is 0.300 e. The van der Waals surface area contributed by atoms with Crippen LogP contribution in [0.25, 0.3) is 11.0 Å². The first-order valence-electron chi connectivity index (χ1n) is 7.90. The van der Waals surface area contributed by atoms with Crippen LogP contribution in [0.2, 0.25) is 5.15 Å². The summed E-state index contributed by atoms with van der Waals surface area (Å²) in [6.07, 6.45) is 0.242. The highest BCUT2D eigenvalue weighted by Crippen LogP contribution is 2.39. The fourth-order valence-corrected chi connectivity index (χ4v) is 3.37. The Labute approximate surface area is 149 Å². The predicted molar refractivity (Wildman–Crippen MR) is 95.8 cm³/mol. The fourth-order valence-electron chi connectivity index (χ4n) is 3.23. The SMILES string of the molecule is CC(=O)CC1c2ccccc2C(=O)N1c1ccc2ccc(Cl)nc2n1. The van der Waals surface area contributed by atoms with E-state index in [1.165, 1.54) is 6.92 Å². The van der Waals surface area contributed by atoms with E-state index in [1.807, 2.05) is 30.3 Å². The van der Waals surface area contributed by atoms with Crippen molar-refractivity contribution >= 4 is 40.1 Å². The highest BCUT2D eigenvalue weighted by molar-refractivity contribution is 6.29. The highest BCUT2D eigenvalue weighted by atomic mass is 35.5. The number of carbonyl (C=O) groups excluding carboxylic acids is 2. The summed E-state index contributed by atoms with van der Waals surface area (Å²) in [6.45, 7) is 1.53. The average molecular weight is 352 g/mol. The Morgan fingerprint density at radius 3 is 2.68 bits per heavy atom. The first-order valence-corrected chi connectivity index (χ1v) is 8.27. The molecule has 124 valence electrons. The van der Waals surface area contributed by atoms with Crippen molar-refractivity contribution < 1.29 is 9.59 Å².